The number of hydrogen-bond donors (Lipinski definition) is 1. The summed E-state index contributed by atoms with van der Waals surface area (Å²) in [5, 5.41) is 3.44. The molecular formula is C14H18N2O2. The molecule has 1 atom stereocenters. The Balaban J connectivity index is 2.38. The fourth-order valence-electron chi connectivity index (χ4n) is 2.01. The number of ether oxygens (including phenoxy) is 1. The largest absolute Gasteiger partial charge is 0.495 e. The van der Waals surface area contributed by atoms with Crippen molar-refractivity contribution in [3.8, 4) is 5.75 Å². The molecule has 96 valence electrons. The van der Waals surface area contributed by atoms with Gasteiger partial charge in [0.25, 0.3) is 0 Å². The molecule has 0 amide bonds. The van der Waals surface area contributed by atoms with Crippen LogP contribution in [0.25, 0.3) is 0 Å². The molecule has 2 heterocycles. The topological polar surface area (TPSA) is 47.3 Å². The van der Waals surface area contributed by atoms with E-state index in [1.54, 1.807) is 19.6 Å². The van der Waals surface area contributed by atoms with Gasteiger partial charge in [-0.1, -0.05) is 6.92 Å². The van der Waals surface area contributed by atoms with Crippen molar-refractivity contribution in [1.29, 1.82) is 0 Å². The Labute approximate surface area is 107 Å². The molecule has 0 aromatic carbocycles. The molecule has 0 saturated heterocycles. The van der Waals surface area contributed by atoms with E-state index in [9.17, 15) is 0 Å². The van der Waals surface area contributed by atoms with Gasteiger partial charge in [-0.3, -0.25) is 4.98 Å². The van der Waals surface area contributed by atoms with Gasteiger partial charge >= 0.3 is 0 Å². The minimum absolute atomic E-state index is 0.0800. The predicted octanol–water partition coefficient (Wildman–Crippen LogP) is 2.69. The molecule has 4 nitrogen and oxygen atoms in total. The molecule has 0 saturated carbocycles. The molecule has 0 fully saturated rings. The van der Waals surface area contributed by atoms with Crippen LogP contribution in [0.2, 0.25) is 0 Å². The first-order valence-electron chi connectivity index (χ1n) is 6.02. The molecule has 2 rings (SSSR count). The lowest BCUT2D eigenvalue weighted by Gasteiger charge is -2.18. The summed E-state index contributed by atoms with van der Waals surface area (Å²) in [7, 11) is 1.64. The molecule has 18 heavy (non-hydrogen) atoms. The van der Waals surface area contributed by atoms with Gasteiger partial charge in [0.15, 0.2) is 0 Å². The summed E-state index contributed by atoms with van der Waals surface area (Å²) in [5.74, 6) is 1.68. The van der Waals surface area contributed by atoms with E-state index in [0.717, 1.165) is 29.2 Å². The van der Waals surface area contributed by atoms with Crippen LogP contribution in [-0.4, -0.2) is 18.6 Å². The van der Waals surface area contributed by atoms with Crippen LogP contribution in [-0.2, 0) is 0 Å². The van der Waals surface area contributed by atoms with Crippen LogP contribution in [0.3, 0.4) is 0 Å². The third-order valence-electron chi connectivity index (χ3n) is 2.92. The molecule has 0 aliphatic heterocycles. The summed E-state index contributed by atoms with van der Waals surface area (Å²) in [6.45, 7) is 4.91. The summed E-state index contributed by atoms with van der Waals surface area (Å²) >= 11 is 0. The predicted molar refractivity (Wildman–Crippen MR) is 69.8 cm³/mol. The van der Waals surface area contributed by atoms with Gasteiger partial charge in [0.2, 0.25) is 0 Å². The Bertz CT molecular complexity index is 508. The van der Waals surface area contributed by atoms with E-state index in [2.05, 4.69) is 17.2 Å². The molecule has 4 heteroatoms. The number of nitrogens with one attached hydrogen (secondary N) is 1. The Kier molecular flexibility index (Phi) is 3.99. The first-order chi connectivity index (χ1) is 8.76. The minimum atomic E-state index is 0.0800. The van der Waals surface area contributed by atoms with E-state index in [4.69, 9.17) is 9.15 Å². The number of pyridine rings is 1. The number of furan rings is 1. The molecule has 2 aromatic heterocycles. The van der Waals surface area contributed by atoms with Gasteiger partial charge in [-0.25, -0.2) is 0 Å². The van der Waals surface area contributed by atoms with Crippen molar-refractivity contribution in [2.45, 2.75) is 19.9 Å². The summed E-state index contributed by atoms with van der Waals surface area (Å²) in [5.41, 5.74) is 2.20. The number of nitrogens with zero attached hydrogens (tertiary/aromatic N) is 1. The molecule has 0 bridgehead atoms. The molecule has 0 radical (unpaired) electrons. The first kappa shape index (κ1) is 12.6. The van der Waals surface area contributed by atoms with E-state index < -0.39 is 0 Å². The van der Waals surface area contributed by atoms with Crippen LogP contribution in [0.5, 0.6) is 5.75 Å². The maximum Gasteiger partial charge on any atom is 0.137 e. The average Bonchev–Trinajstić information content (AvgIpc) is 2.82. The summed E-state index contributed by atoms with van der Waals surface area (Å²) in [4.78, 5) is 4.20. The van der Waals surface area contributed by atoms with Gasteiger partial charge in [-0.2, -0.15) is 0 Å². The maximum absolute atomic E-state index is 5.38. The highest BCUT2D eigenvalue weighted by molar-refractivity contribution is 5.34. The zero-order chi connectivity index (χ0) is 13.0. The third kappa shape index (κ3) is 2.54. The monoisotopic (exact) mass is 246 g/mol. The lowest BCUT2D eigenvalue weighted by Crippen LogP contribution is -2.22. The summed E-state index contributed by atoms with van der Waals surface area (Å²) in [6, 6.07) is 4.06. The molecule has 1 unspecified atom stereocenters. The van der Waals surface area contributed by atoms with Crippen LogP contribution < -0.4 is 10.1 Å². The highest BCUT2D eigenvalue weighted by atomic mass is 16.5. The normalized spacial score (nSPS) is 12.4. The molecule has 0 spiro atoms. The first-order valence-corrected chi connectivity index (χ1v) is 6.02. The third-order valence-corrected chi connectivity index (χ3v) is 2.92. The van der Waals surface area contributed by atoms with Crippen molar-refractivity contribution in [3.63, 3.8) is 0 Å². The van der Waals surface area contributed by atoms with E-state index >= 15 is 0 Å². The summed E-state index contributed by atoms with van der Waals surface area (Å²) < 4.78 is 10.6. The molecular weight excluding hydrogens is 228 g/mol. The van der Waals surface area contributed by atoms with Crippen molar-refractivity contribution in [1.82, 2.24) is 10.3 Å². The SMILES string of the molecule is CCNC(c1cncc(OC)c1)c1ccoc1C. The Morgan fingerprint density at radius 3 is 2.89 bits per heavy atom. The Hall–Kier alpha value is -1.81. The van der Waals surface area contributed by atoms with E-state index in [1.807, 2.05) is 25.3 Å². The van der Waals surface area contributed by atoms with Gasteiger partial charge < -0.3 is 14.5 Å². The Morgan fingerprint density at radius 1 is 1.44 bits per heavy atom. The number of hydrogen-bond acceptors (Lipinski definition) is 4. The van der Waals surface area contributed by atoms with Crippen molar-refractivity contribution in [3.05, 3.63) is 47.7 Å². The number of rotatable bonds is 5. The van der Waals surface area contributed by atoms with Crippen molar-refractivity contribution in [2.24, 2.45) is 0 Å². The number of methoxy groups -OCH3 is 1. The highest BCUT2D eigenvalue weighted by Gasteiger charge is 2.17. The van der Waals surface area contributed by atoms with Crippen molar-refractivity contribution < 1.29 is 9.15 Å². The lowest BCUT2D eigenvalue weighted by atomic mass is 10.0. The Morgan fingerprint density at radius 2 is 2.28 bits per heavy atom. The van der Waals surface area contributed by atoms with Crippen LogP contribution >= 0.6 is 0 Å². The van der Waals surface area contributed by atoms with Crippen LogP contribution in [0.1, 0.15) is 29.9 Å². The van der Waals surface area contributed by atoms with Crippen LogP contribution in [0.15, 0.2) is 35.2 Å². The van der Waals surface area contributed by atoms with Gasteiger partial charge in [0.05, 0.1) is 25.6 Å². The van der Waals surface area contributed by atoms with Gasteiger partial charge in [-0.15, -0.1) is 0 Å². The van der Waals surface area contributed by atoms with Crippen LogP contribution in [0.4, 0.5) is 0 Å². The zero-order valence-electron chi connectivity index (χ0n) is 10.9. The fourth-order valence-corrected chi connectivity index (χ4v) is 2.01. The molecule has 2 aromatic rings. The second-order valence-corrected chi connectivity index (χ2v) is 4.08. The highest BCUT2D eigenvalue weighted by Crippen LogP contribution is 2.27. The second-order valence-electron chi connectivity index (χ2n) is 4.08. The fraction of sp³-hybridized carbons (Fsp3) is 0.357. The molecule has 0 aliphatic carbocycles. The van der Waals surface area contributed by atoms with Crippen molar-refractivity contribution >= 4 is 0 Å². The number of aromatic nitrogens is 1. The maximum atomic E-state index is 5.38. The quantitative estimate of drug-likeness (QED) is 0.881. The summed E-state index contributed by atoms with van der Waals surface area (Å²) in [6.07, 6.45) is 5.26. The van der Waals surface area contributed by atoms with Crippen LogP contribution in [0, 0.1) is 6.92 Å². The lowest BCUT2D eigenvalue weighted by molar-refractivity contribution is 0.411. The van der Waals surface area contributed by atoms with E-state index in [1.165, 1.54) is 0 Å². The minimum Gasteiger partial charge on any atom is -0.495 e. The van der Waals surface area contributed by atoms with Gasteiger partial charge in [0.1, 0.15) is 11.5 Å². The second kappa shape index (κ2) is 5.69. The molecule has 0 aliphatic rings. The van der Waals surface area contributed by atoms with Crippen molar-refractivity contribution in [2.75, 3.05) is 13.7 Å². The average molecular weight is 246 g/mol. The van der Waals surface area contributed by atoms with Gasteiger partial charge in [-0.05, 0) is 31.2 Å². The zero-order valence-corrected chi connectivity index (χ0v) is 10.9. The van der Waals surface area contributed by atoms with E-state index in [0.29, 0.717) is 0 Å². The standard InChI is InChI=1S/C14H18N2O2/c1-4-16-14(13-5-6-18-10(13)2)11-7-12(17-3)9-15-8-11/h5-9,14,16H,4H2,1-3H3. The number of aryl methyl sites for hydroxylation is 1. The smallest absolute Gasteiger partial charge is 0.137 e. The molecule has 1 N–H and O–H groups in total. The van der Waals surface area contributed by atoms with Gasteiger partial charge in [0, 0.05) is 11.8 Å². The van der Waals surface area contributed by atoms with E-state index in [-0.39, 0.29) is 6.04 Å².